The van der Waals surface area contributed by atoms with E-state index in [1.165, 1.54) is 16.7 Å². The third-order valence-electron chi connectivity index (χ3n) is 4.50. The van der Waals surface area contributed by atoms with E-state index in [4.69, 9.17) is 28.9 Å². The second-order valence-electron chi connectivity index (χ2n) is 5.88. The van der Waals surface area contributed by atoms with Crippen molar-refractivity contribution < 1.29 is 0 Å². The highest BCUT2D eigenvalue weighted by molar-refractivity contribution is 9.10. The second kappa shape index (κ2) is 6.07. The lowest BCUT2D eigenvalue weighted by Gasteiger charge is -2.29. The molecule has 4 rings (SSSR count). The molecule has 1 aromatic heterocycles. The van der Waals surface area contributed by atoms with Gasteiger partial charge in [0.15, 0.2) is 0 Å². The Bertz CT molecular complexity index is 956. The summed E-state index contributed by atoms with van der Waals surface area (Å²) in [5.74, 6) is 0.720. The summed E-state index contributed by atoms with van der Waals surface area (Å²) >= 11 is 15.9. The first-order valence-corrected chi connectivity index (χ1v) is 9.08. The van der Waals surface area contributed by atoms with Crippen LogP contribution < -0.4 is 5.73 Å². The molecule has 5 heteroatoms. The van der Waals surface area contributed by atoms with Crippen molar-refractivity contribution in [3.05, 3.63) is 79.9 Å². The van der Waals surface area contributed by atoms with Gasteiger partial charge in [0.2, 0.25) is 0 Å². The van der Waals surface area contributed by atoms with Crippen molar-refractivity contribution in [3.63, 3.8) is 0 Å². The molecule has 0 aliphatic heterocycles. The average Bonchev–Trinajstić information content (AvgIpc) is 2.59. The molecule has 0 bridgehead atoms. The standard InChI is InChI=1S/C19H13BrCl2N2/c20-18-17-11(9-24-19(18)23)7-14(12-3-1-2-4-13(12)17)10-5-6-15(21)16(22)8-10/h1-6,8-9,14H,7H2,(H2,23,24). The van der Waals surface area contributed by atoms with Gasteiger partial charge in [-0.15, -0.1) is 0 Å². The summed E-state index contributed by atoms with van der Waals surface area (Å²) in [4.78, 5) is 4.31. The van der Waals surface area contributed by atoms with Crippen LogP contribution in [0, 0.1) is 0 Å². The second-order valence-corrected chi connectivity index (χ2v) is 7.48. The predicted octanol–water partition coefficient (Wildman–Crippen LogP) is 6.09. The molecule has 0 amide bonds. The van der Waals surface area contributed by atoms with Crippen molar-refractivity contribution in [1.82, 2.24) is 4.98 Å². The summed E-state index contributed by atoms with van der Waals surface area (Å²) in [5.41, 5.74) is 11.9. The maximum absolute atomic E-state index is 6.24. The summed E-state index contributed by atoms with van der Waals surface area (Å²) in [6.07, 6.45) is 2.71. The number of aromatic nitrogens is 1. The van der Waals surface area contributed by atoms with Crippen molar-refractivity contribution >= 4 is 44.9 Å². The first-order valence-electron chi connectivity index (χ1n) is 7.53. The van der Waals surface area contributed by atoms with E-state index in [-0.39, 0.29) is 5.92 Å². The maximum atomic E-state index is 6.24. The number of pyridine rings is 1. The van der Waals surface area contributed by atoms with Crippen LogP contribution in [0.1, 0.15) is 22.6 Å². The molecule has 1 aliphatic carbocycles. The first kappa shape index (κ1) is 15.9. The van der Waals surface area contributed by atoms with Crippen molar-refractivity contribution in [1.29, 1.82) is 0 Å². The SMILES string of the molecule is Nc1ncc2c(c1Br)-c1ccccc1C(c1ccc(Cl)c(Cl)c1)C2. The molecular formula is C19H13BrCl2N2. The largest absolute Gasteiger partial charge is 0.383 e. The van der Waals surface area contributed by atoms with E-state index in [1.807, 2.05) is 30.5 Å². The zero-order valence-corrected chi connectivity index (χ0v) is 15.7. The van der Waals surface area contributed by atoms with E-state index in [9.17, 15) is 0 Å². The summed E-state index contributed by atoms with van der Waals surface area (Å²) < 4.78 is 0.861. The van der Waals surface area contributed by atoms with Crippen LogP contribution in [0.4, 0.5) is 5.82 Å². The fourth-order valence-electron chi connectivity index (χ4n) is 3.37. The number of nitrogens with zero attached hydrogens (tertiary/aromatic N) is 1. The molecule has 120 valence electrons. The molecule has 24 heavy (non-hydrogen) atoms. The predicted molar refractivity (Wildman–Crippen MR) is 104 cm³/mol. The molecule has 2 aromatic carbocycles. The van der Waals surface area contributed by atoms with Gasteiger partial charge in [-0.05, 0) is 56.7 Å². The Morgan fingerprint density at radius 3 is 2.67 bits per heavy atom. The van der Waals surface area contributed by atoms with Crippen LogP contribution in [0.25, 0.3) is 11.1 Å². The Hall–Kier alpha value is -1.55. The van der Waals surface area contributed by atoms with E-state index in [2.05, 4.69) is 39.1 Å². The third kappa shape index (κ3) is 2.52. The summed E-state index contributed by atoms with van der Waals surface area (Å²) in [6.45, 7) is 0. The van der Waals surface area contributed by atoms with Crippen molar-refractivity contribution in [2.24, 2.45) is 0 Å². The lowest BCUT2D eigenvalue weighted by Crippen LogP contribution is -2.14. The highest BCUT2D eigenvalue weighted by Gasteiger charge is 2.28. The van der Waals surface area contributed by atoms with Crippen LogP contribution in [0.5, 0.6) is 0 Å². The number of benzene rings is 2. The van der Waals surface area contributed by atoms with Gasteiger partial charge in [-0.2, -0.15) is 0 Å². The molecule has 2 nitrogen and oxygen atoms in total. The molecule has 2 N–H and O–H groups in total. The highest BCUT2D eigenvalue weighted by atomic mass is 79.9. The smallest absolute Gasteiger partial charge is 0.138 e. The Balaban J connectivity index is 1.93. The molecule has 1 aliphatic rings. The minimum atomic E-state index is 0.209. The van der Waals surface area contributed by atoms with Crippen LogP contribution in [-0.2, 0) is 6.42 Å². The number of fused-ring (bicyclic) bond motifs is 3. The van der Waals surface area contributed by atoms with Gasteiger partial charge in [0.05, 0.1) is 14.5 Å². The number of rotatable bonds is 1. The van der Waals surface area contributed by atoms with E-state index >= 15 is 0 Å². The molecule has 1 unspecified atom stereocenters. The zero-order valence-electron chi connectivity index (χ0n) is 12.6. The van der Waals surface area contributed by atoms with Crippen LogP contribution in [-0.4, -0.2) is 4.98 Å². The topological polar surface area (TPSA) is 38.9 Å². The number of hydrogen-bond acceptors (Lipinski definition) is 2. The van der Waals surface area contributed by atoms with Gasteiger partial charge < -0.3 is 5.73 Å². The van der Waals surface area contributed by atoms with Gasteiger partial charge in [0, 0.05) is 17.7 Å². The summed E-state index contributed by atoms with van der Waals surface area (Å²) in [7, 11) is 0. The monoisotopic (exact) mass is 418 g/mol. The molecule has 0 fully saturated rings. The van der Waals surface area contributed by atoms with Crippen molar-refractivity contribution in [3.8, 4) is 11.1 Å². The molecule has 0 radical (unpaired) electrons. The molecular weight excluding hydrogens is 407 g/mol. The maximum Gasteiger partial charge on any atom is 0.138 e. The number of nitrogen functional groups attached to an aromatic ring is 1. The van der Waals surface area contributed by atoms with Crippen LogP contribution in [0.3, 0.4) is 0 Å². The van der Waals surface area contributed by atoms with Gasteiger partial charge in [0.25, 0.3) is 0 Å². The van der Waals surface area contributed by atoms with E-state index in [0.29, 0.717) is 15.9 Å². The van der Waals surface area contributed by atoms with Crippen LogP contribution in [0.2, 0.25) is 10.0 Å². The minimum absolute atomic E-state index is 0.209. The Morgan fingerprint density at radius 2 is 1.88 bits per heavy atom. The minimum Gasteiger partial charge on any atom is -0.383 e. The van der Waals surface area contributed by atoms with Gasteiger partial charge in [-0.3, -0.25) is 0 Å². The van der Waals surface area contributed by atoms with Gasteiger partial charge in [0.1, 0.15) is 5.82 Å². The summed E-state index contributed by atoms with van der Waals surface area (Å²) in [6, 6.07) is 14.2. The number of hydrogen-bond donors (Lipinski definition) is 1. The van der Waals surface area contributed by atoms with E-state index < -0.39 is 0 Å². The molecule has 1 heterocycles. The molecule has 0 saturated heterocycles. The average molecular weight is 420 g/mol. The molecule has 3 aromatic rings. The van der Waals surface area contributed by atoms with E-state index in [0.717, 1.165) is 22.0 Å². The molecule has 0 saturated carbocycles. The van der Waals surface area contributed by atoms with Gasteiger partial charge >= 0.3 is 0 Å². The lowest BCUT2D eigenvalue weighted by molar-refractivity contribution is 0.789. The van der Waals surface area contributed by atoms with Crippen LogP contribution >= 0.6 is 39.1 Å². The normalized spacial score (nSPS) is 15.7. The lowest BCUT2D eigenvalue weighted by atomic mass is 9.76. The molecule has 0 spiro atoms. The highest BCUT2D eigenvalue weighted by Crippen LogP contribution is 2.46. The Morgan fingerprint density at radius 1 is 1.08 bits per heavy atom. The van der Waals surface area contributed by atoms with E-state index in [1.54, 1.807) is 0 Å². The number of anilines is 1. The van der Waals surface area contributed by atoms with Crippen molar-refractivity contribution in [2.75, 3.05) is 5.73 Å². The third-order valence-corrected chi connectivity index (χ3v) is 6.04. The fourth-order valence-corrected chi connectivity index (χ4v) is 4.25. The quantitative estimate of drug-likeness (QED) is 0.518. The van der Waals surface area contributed by atoms with Gasteiger partial charge in [-0.1, -0.05) is 53.5 Å². The Kier molecular flexibility index (Phi) is 4.03. The first-order chi connectivity index (χ1) is 11.6. The zero-order chi connectivity index (χ0) is 16.8. The summed E-state index contributed by atoms with van der Waals surface area (Å²) in [5, 5.41) is 1.15. The number of halogens is 3. The number of nitrogens with two attached hydrogens (primary N) is 1. The Labute approximate surface area is 158 Å². The van der Waals surface area contributed by atoms with Crippen molar-refractivity contribution in [2.45, 2.75) is 12.3 Å². The van der Waals surface area contributed by atoms with Crippen LogP contribution in [0.15, 0.2) is 53.1 Å². The molecule has 1 atom stereocenters. The fraction of sp³-hybridized carbons (Fsp3) is 0.105. The van der Waals surface area contributed by atoms with Gasteiger partial charge in [-0.25, -0.2) is 4.98 Å².